The summed E-state index contributed by atoms with van der Waals surface area (Å²) in [7, 11) is 3.92. The molecule has 2 aliphatic rings. The number of hydrogen-bond donors (Lipinski definition) is 1. The second-order valence-corrected chi connectivity index (χ2v) is 8.01. The number of nitrogens with zero attached hydrogens (tertiary/aromatic N) is 3. The molecule has 6 heteroatoms. The average molecular weight is 389 g/mol. The summed E-state index contributed by atoms with van der Waals surface area (Å²) in [6, 6.07) is 8.19. The number of rotatable bonds is 7. The number of nitrogens with one attached hydrogen (secondary N) is 1. The Hall–Kier alpha value is -1.79. The molecule has 0 unspecified atom stereocenters. The molecule has 1 aromatic carbocycles. The number of aryl methyl sites for hydroxylation is 1. The number of benzene rings is 1. The van der Waals surface area contributed by atoms with E-state index in [1.54, 1.807) is 0 Å². The Labute approximate surface area is 169 Å². The summed E-state index contributed by atoms with van der Waals surface area (Å²) in [4.78, 5) is 9.31. The fourth-order valence-corrected chi connectivity index (χ4v) is 4.22. The molecule has 0 bridgehead atoms. The summed E-state index contributed by atoms with van der Waals surface area (Å²) in [5.74, 6) is 1.84. The lowest BCUT2D eigenvalue weighted by Crippen LogP contribution is -2.58. The van der Waals surface area contributed by atoms with Crippen LogP contribution in [-0.2, 0) is 4.74 Å². The first-order chi connectivity index (χ1) is 13.6. The molecule has 0 amide bonds. The molecule has 6 nitrogen and oxygen atoms in total. The Kier molecular flexibility index (Phi) is 7.57. The molecule has 28 heavy (non-hydrogen) atoms. The molecule has 0 spiro atoms. The molecule has 0 aliphatic carbocycles. The van der Waals surface area contributed by atoms with Crippen molar-refractivity contribution in [1.29, 1.82) is 0 Å². The maximum atomic E-state index is 5.87. The van der Waals surface area contributed by atoms with Crippen molar-refractivity contribution < 1.29 is 9.47 Å². The monoisotopic (exact) mass is 388 g/mol. The van der Waals surface area contributed by atoms with Crippen LogP contribution in [0.25, 0.3) is 0 Å². The highest BCUT2D eigenvalue weighted by Crippen LogP contribution is 2.30. The highest BCUT2D eigenvalue weighted by molar-refractivity contribution is 5.79. The van der Waals surface area contributed by atoms with Gasteiger partial charge in [-0.1, -0.05) is 17.7 Å². The van der Waals surface area contributed by atoms with E-state index in [1.165, 1.54) is 31.5 Å². The van der Waals surface area contributed by atoms with Crippen LogP contribution in [0.3, 0.4) is 0 Å². The van der Waals surface area contributed by atoms with E-state index < -0.39 is 0 Å². The highest BCUT2D eigenvalue weighted by atomic mass is 16.5. The van der Waals surface area contributed by atoms with E-state index in [1.807, 2.05) is 19.2 Å². The van der Waals surface area contributed by atoms with E-state index >= 15 is 0 Å². The van der Waals surface area contributed by atoms with Crippen LogP contribution in [0.4, 0.5) is 0 Å². The summed E-state index contributed by atoms with van der Waals surface area (Å²) in [5, 5.41) is 3.64. The minimum Gasteiger partial charge on any atom is -0.492 e. The molecule has 2 heterocycles. The van der Waals surface area contributed by atoms with Crippen LogP contribution < -0.4 is 10.1 Å². The standard InChI is InChI=1S/C22H36N4O2/c1-19-6-8-20(9-7-19)28-17-14-25(3)21(23-2)24-18-22(10-15-27-16-11-22)26-12-4-5-13-26/h6-9H,4-5,10-18H2,1-3H3,(H,23,24). The number of likely N-dealkylation sites (tertiary alicyclic amines) is 1. The summed E-state index contributed by atoms with van der Waals surface area (Å²) in [5.41, 5.74) is 1.44. The smallest absolute Gasteiger partial charge is 0.193 e. The molecular formula is C22H36N4O2. The van der Waals surface area contributed by atoms with Crippen LogP contribution in [-0.4, -0.2) is 81.4 Å². The minimum atomic E-state index is 0.198. The zero-order chi connectivity index (χ0) is 19.8. The van der Waals surface area contributed by atoms with Gasteiger partial charge in [-0.2, -0.15) is 0 Å². The molecule has 2 aliphatic heterocycles. The Morgan fingerprint density at radius 2 is 1.89 bits per heavy atom. The van der Waals surface area contributed by atoms with Crippen molar-refractivity contribution in [3.8, 4) is 5.75 Å². The maximum Gasteiger partial charge on any atom is 0.193 e. The van der Waals surface area contributed by atoms with E-state index in [0.29, 0.717) is 6.61 Å². The average Bonchev–Trinajstić information content (AvgIpc) is 3.26. The molecule has 0 atom stereocenters. The number of guanidine groups is 1. The summed E-state index contributed by atoms with van der Waals surface area (Å²) in [6.45, 7) is 8.56. The second-order valence-electron chi connectivity index (χ2n) is 8.01. The molecule has 1 N–H and O–H groups in total. The van der Waals surface area contributed by atoms with Gasteiger partial charge >= 0.3 is 0 Å². The fraction of sp³-hybridized carbons (Fsp3) is 0.682. The number of hydrogen-bond acceptors (Lipinski definition) is 4. The van der Waals surface area contributed by atoms with Crippen LogP contribution in [0.5, 0.6) is 5.75 Å². The van der Waals surface area contributed by atoms with E-state index in [9.17, 15) is 0 Å². The molecule has 0 radical (unpaired) electrons. The zero-order valence-electron chi connectivity index (χ0n) is 17.7. The van der Waals surface area contributed by atoms with E-state index in [0.717, 1.165) is 50.9 Å². The van der Waals surface area contributed by atoms with Crippen LogP contribution in [0.2, 0.25) is 0 Å². The van der Waals surface area contributed by atoms with Crippen molar-refractivity contribution in [2.45, 2.75) is 38.1 Å². The number of aliphatic imine (C=N–C) groups is 1. The lowest BCUT2D eigenvalue weighted by molar-refractivity contribution is -0.0166. The van der Waals surface area contributed by atoms with Crippen molar-refractivity contribution in [1.82, 2.24) is 15.1 Å². The molecular weight excluding hydrogens is 352 g/mol. The molecule has 0 aromatic heterocycles. The van der Waals surface area contributed by atoms with Gasteiger partial charge in [0.05, 0.1) is 6.54 Å². The first-order valence-corrected chi connectivity index (χ1v) is 10.6. The molecule has 0 saturated carbocycles. The van der Waals surface area contributed by atoms with Crippen molar-refractivity contribution in [2.75, 3.05) is 60.1 Å². The predicted molar refractivity (Wildman–Crippen MR) is 114 cm³/mol. The first kappa shape index (κ1) is 20.9. The Morgan fingerprint density at radius 3 is 2.54 bits per heavy atom. The van der Waals surface area contributed by atoms with Gasteiger partial charge in [-0.3, -0.25) is 9.89 Å². The SMILES string of the molecule is CN=C(NCC1(N2CCCC2)CCOCC1)N(C)CCOc1ccc(C)cc1. The third-order valence-corrected chi connectivity index (χ3v) is 6.07. The molecule has 156 valence electrons. The third-order valence-electron chi connectivity index (χ3n) is 6.07. The van der Waals surface area contributed by atoms with E-state index in [2.05, 4.69) is 46.2 Å². The Morgan fingerprint density at radius 1 is 1.21 bits per heavy atom. The van der Waals surface area contributed by atoms with Crippen molar-refractivity contribution in [2.24, 2.45) is 4.99 Å². The Balaban J connectivity index is 1.50. The summed E-state index contributed by atoms with van der Waals surface area (Å²) >= 11 is 0. The Bertz CT molecular complexity index is 620. The quantitative estimate of drug-likeness (QED) is 0.575. The normalized spacial score (nSPS) is 20.2. The molecule has 1 aromatic rings. The second kappa shape index (κ2) is 10.1. The number of likely N-dealkylation sites (N-methyl/N-ethyl adjacent to an activating group) is 1. The largest absolute Gasteiger partial charge is 0.492 e. The van der Waals surface area contributed by atoms with E-state index in [-0.39, 0.29) is 5.54 Å². The van der Waals surface area contributed by atoms with E-state index in [4.69, 9.17) is 9.47 Å². The van der Waals surface area contributed by atoms with Gasteiger partial charge in [0, 0.05) is 39.4 Å². The molecule has 2 fully saturated rings. The summed E-state index contributed by atoms with van der Waals surface area (Å²) < 4.78 is 11.5. The molecule has 2 saturated heterocycles. The maximum absolute atomic E-state index is 5.87. The first-order valence-electron chi connectivity index (χ1n) is 10.6. The molecule has 3 rings (SSSR count). The van der Waals surface area contributed by atoms with Gasteiger partial charge in [0.15, 0.2) is 5.96 Å². The lowest BCUT2D eigenvalue weighted by Gasteiger charge is -2.45. The third kappa shape index (κ3) is 5.39. The van der Waals surface area contributed by atoms with Crippen molar-refractivity contribution in [3.05, 3.63) is 29.8 Å². The predicted octanol–water partition coefficient (Wildman–Crippen LogP) is 2.53. The van der Waals surface area contributed by atoms with Gasteiger partial charge in [-0.15, -0.1) is 0 Å². The number of ether oxygens (including phenoxy) is 2. The fourth-order valence-electron chi connectivity index (χ4n) is 4.22. The van der Waals surface area contributed by atoms with Crippen molar-refractivity contribution >= 4 is 5.96 Å². The highest BCUT2D eigenvalue weighted by Gasteiger charge is 2.39. The van der Waals surface area contributed by atoms with Gasteiger partial charge in [0.2, 0.25) is 0 Å². The van der Waals surface area contributed by atoms with Gasteiger partial charge in [0.1, 0.15) is 12.4 Å². The van der Waals surface area contributed by atoms with Gasteiger partial charge in [-0.05, 0) is 57.8 Å². The van der Waals surface area contributed by atoms with Crippen LogP contribution in [0.15, 0.2) is 29.3 Å². The topological polar surface area (TPSA) is 49.3 Å². The summed E-state index contributed by atoms with van der Waals surface area (Å²) in [6.07, 6.45) is 4.82. The van der Waals surface area contributed by atoms with Crippen LogP contribution >= 0.6 is 0 Å². The van der Waals surface area contributed by atoms with Gasteiger partial charge < -0.3 is 19.7 Å². The van der Waals surface area contributed by atoms with Crippen molar-refractivity contribution in [3.63, 3.8) is 0 Å². The lowest BCUT2D eigenvalue weighted by atomic mass is 9.88. The van der Waals surface area contributed by atoms with Crippen LogP contribution in [0, 0.1) is 6.92 Å². The van der Waals surface area contributed by atoms with Gasteiger partial charge in [0.25, 0.3) is 0 Å². The van der Waals surface area contributed by atoms with Crippen LogP contribution in [0.1, 0.15) is 31.2 Å². The zero-order valence-corrected chi connectivity index (χ0v) is 17.7. The van der Waals surface area contributed by atoms with Gasteiger partial charge in [-0.25, -0.2) is 0 Å². The minimum absolute atomic E-state index is 0.198.